The molecule has 0 aliphatic rings. The van der Waals surface area contributed by atoms with Crippen molar-refractivity contribution in [2.75, 3.05) is 19.2 Å². The van der Waals surface area contributed by atoms with Crippen molar-refractivity contribution in [1.29, 1.82) is 0 Å². The Bertz CT molecular complexity index is 638. The molecule has 1 N–H and O–H groups in total. The van der Waals surface area contributed by atoms with Crippen LogP contribution >= 0.6 is 0 Å². The average molecular weight is 335 g/mol. The van der Waals surface area contributed by atoms with Crippen molar-refractivity contribution in [3.63, 3.8) is 0 Å². The summed E-state index contributed by atoms with van der Waals surface area (Å²) in [6.07, 6.45) is -0.830. The number of carbonyl (C=O) groups is 1. The van der Waals surface area contributed by atoms with Crippen molar-refractivity contribution in [3.05, 3.63) is 18.2 Å². The van der Waals surface area contributed by atoms with E-state index in [-0.39, 0.29) is 18.2 Å². The van der Waals surface area contributed by atoms with Gasteiger partial charge in [0.1, 0.15) is 16.2 Å². The molecule has 1 aromatic carbocycles. The summed E-state index contributed by atoms with van der Waals surface area (Å²) in [4.78, 5) is 11.1. The van der Waals surface area contributed by atoms with Crippen LogP contribution in [-0.2, 0) is 19.7 Å². The number of anilines is 1. The standard InChI is InChI=1S/C13H18FNO6S/c1-13(2,3)21-12(16)15-10-7-9(22(14,17)18)5-6-11(10)20-8-19-4/h5-7H,8H2,1-4H3,(H,15,16). The topological polar surface area (TPSA) is 90.9 Å². The minimum Gasteiger partial charge on any atom is -0.465 e. The maximum absolute atomic E-state index is 13.1. The van der Waals surface area contributed by atoms with Crippen LogP contribution < -0.4 is 10.1 Å². The summed E-state index contributed by atoms with van der Waals surface area (Å²) in [7, 11) is -3.52. The van der Waals surface area contributed by atoms with Crippen LogP contribution in [0, 0.1) is 0 Å². The van der Waals surface area contributed by atoms with Gasteiger partial charge >= 0.3 is 16.3 Å². The van der Waals surface area contributed by atoms with Gasteiger partial charge in [0.25, 0.3) is 0 Å². The first-order valence-corrected chi connectivity index (χ1v) is 7.62. The van der Waals surface area contributed by atoms with Crippen molar-refractivity contribution < 1.29 is 31.3 Å². The highest BCUT2D eigenvalue weighted by Crippen LogP contribution is 2.29. The van der Waals surface area contributed by atoms with Gasteiger partial charge in [-0.05, 0) is 39.0 Å². The van der Waals surface area contributed by atoms with E-state index >= 15 is 0 Å². The van der Waals surface area contributed by atoms with Crippen molar-refractivity contribution in [1.82, 2.24) is 0 Å². The van der Waals surface area contributed by atoms with Crippen molar-refractivity contribution in [3.8, 4) is 5.75 Å². The molecule has 0 heterocycles. The smallest absolute Gasteiger partial charge is 0.412 e. The zero-order chi connectivity index (χ0) is 17.0. The number of ether oxygens (including phenoxy) is 3. The summed E-state index contributed by atoms with van der Waals surface area (Å²) >= 11 is 0. The lowest BCUT2D eigenvalue weighted by Crippen LogP contribution is -2.27. The van der Waals surface area contributed by atoms with E-state index in [1.165, 1.54) is 13.2 Å². The summed E-state index contributed by atoms with van der Waals surface area (Å²) in [5.74, 6) is 0.111. The number of benzene rings is 1. The maximum atomic E-state index is 13.1. The highest BCUT2D eigenvalue weighted by Gasteiger charge is 2.20. The highest BCUT2D eigenvalue weighted by atomic mass is 32.3. The number of hydrogen-bond acceptors (Lipinski definition) is 6. The van der Waals surface area contributed by atoms with Gasteiger partial charge in [0.05, 0.1) is 5.69 Å². The van der Waals surface area contributed by atoms with Gasteiger partial charge in [-0.1, -0.05) is 0 Å². The molecule has 1 aromatic rings. The van der Waals surface area contributed by atoms with E-state index in [2.05, 4.69) is 5.32 Å². The van der Waals surface area contributed by atoms with Gasteiger partial charge in [-0.25, -0.2) is 4.79 Å². The first-order chi connectivity index (χ1) is 10.0. The van der Waals surface area contributed by atoms with Crippen molar-refractivity contribution in [2.24, 2.45) is 0 Å². The summed E-state index contributed by atoms with van der Waals surface area (Å²) < 4.78 is 49.9. The summed E-state index contributed by atoms with van der Waals surface area (Å²) in [6, 6.07) is 3.16. The Kier molecular flexibility index (Phi) is 5.72. The molecule has 1 amide bonds. The second kappa shape index (κ2) is 6.93. The Morgan fingerprint density at radius 2 is 1.95 bits per heavy atom. The van der Waals surface area contributed by atoms with Crippen LogP contribution in [0.2, 0.25) is 0 Å². The van der Waals surface area contributed by atoms with Gasteiger partial charge in [-0.3, -0.25) is 5.32 Å². The molecule has 0 bridgehead atoms. The minimum atomic E-state index is -4.91. The fourth-order valence-electron chi connectivity index (χ4n) is 1.42. The third-order valence-electron chi connectivity index (χ3n) is 2.20. The second-order valence-corrected chi connectivity index (χ2v) is 6.62. The van der Waals surface area contributed by atoms with E-state index in [4.69, 9.17) is 14.2 Å². The Hall–Kier alpha value is -1.87. The van der Waals surface area contributed by atoms with Gasteiger partial charge in [-0.2, -0.15) is 8.42 Å². The van der Waals surface area contributed by atoms with Crippen LogP contribution in [0.25, 0.3) is 0 Å². The molecule has 124 valence electrons. The quantitative estimate of drug-likeness (QED) is 0.657. The van der Waals surface area contributed by atoms with E-state index in [9.17, 15) is 17.1 Å². The molecule has 0 fully saturated rings. The predicted molar refractivity (Wildman–Crippen MR) is 77.1 cm³/mol. The molecule has 0 aromatic heterocycles. The van der Waals surface area contributed by atoms with Crippen LogP contribution in [0.1, 0.15) is 20.8 Å². The van der Waals surface area contributed by atoms with Crippen LogP contribution in [0.5, 0.6) is 5.75 Å². The molecule has 9 heteroatoms. The lowest BCUT2D eigenvalue weighted by Gasteiger charge is -2.20. The second-order valence-electron chi connectivity index (χ2n) is 5.27. The lowest BCUT2D eigenvalue weighted by atomic mass is 10.2. The van der Waals surface area contributed by atoms with Gasteiger partial charge in [0.2, 0.25) is 0 Å². The fourth-order valence-corrected chi connectivity index (χ4v) is 1.91. The van der Waals surface area contributed by atoms with Crippen molar-refractivity contribution in [2.45, 2.75) is 31.3 Å². The average Bonchev–Trinajstić information content (AvgIpc) is 2.33. The largest absolute Gasteiger partial charge is 0.465 e. The number of amides is 1. The SMILES string of the molecule is COCOc1ccc(S(=O)(=O)F)cc1NC(=O)OC(C)(C)C. The Balaban J connectivity index is 3.08. The highest BCUT2D eigenvalue weighted by molar-refractivity contribution is 7.86. The van der Waals surface area contributed by atoms with E-state index in [1.807, 2.05) is 0 Å². The van der Waals surface area contributed by atoms with Crippen LogP contribution in [0.3, 0.4) is 0 Å². The van der Waals surface area contributed by atoms with Crippen LogP contribution in [0.15, 0.2) is 23.1 Å². The molecule has 0 saturated carbocycles. The van der Waals surface area contributed by atoms with Gasteiger partial charge in [-0.15, -0.1) is 3.89 Å². The maximum Gasteiger partial charge on any atom is 0.412 e. The zero-order valence-corrected chi connectivity index (χ0v) is 13.5. The molecule has 7 nitrogen and oxygen atoms in total. The third-order valence-corrected chi connectivity index (χ3v) is 3.02. The molecule has 1 rings (SSSR count). The van der Waals surface area contributed by atoms with E-state index < -0.39 is 26.8 Å². The lowest BCUT2D eigenvalue weighted by molar-refractivity contribution is 0.0509. The molecule has 0 saturated heterocycles. The molecular weight excluding hydrogens is 317 g/mol. The van der Waals surface area contributed by atoms with E-state index in [0.717, 1.165) is 12.1 Å². The summed E-state index contributed by atoms with van der Waals surface area (Å²) in [5, 5.41) is 2.32. The number of carbonyl (C=O) groups excluding carboxylic acids is 1. The van der Waals surface area contributed by atoms with E-state index in [1.54, 1.807) is 20.8 Å². The minimum absolute atomic E-state index is 0.0509. The van der Waals surface area contributed by atoms with Crippen molar-refractivity contribution >= 4 is 22.0 Å². The van der Waals surface area contributed by atoms with E-state index in [0.29, 0.717) is 0 Å². The third kappa shape index (κ3) is 5.86. The Morgan fingerprint density at radius 1 is 1.32 bits per heavy atom. The molecule has 0 radical (unpaired) electrons. The summed E-state index contributed by atoms with van der Waals surface area (Å²) in [6.45, 7) is 4.86. The number of hydrogen-bond donors (Lipinski definition) is 1. The number of rotatable bonds is 5. The molecule has 0 aliphatic carbocycles. The monoisotopic (exact) mass is 335 g/mol. The Labute approximate surface area is 128 Å². The van der Waals surface area contributed by atoms with Gasteiger partial charge in [0.15, 0.2) is 6.79 Å². The normalized spacial score (nSPS) is 11.9. The molecule has 22 heavy (non-hydrogen) atoms. The van der Waals surface area contributed by atoms with Crippen LogP contribution in [-0.4, -0.2) is 34.0 Å². The number of methoxy groups -OCH3 is 1. The molecule has 0 spiro atoms. The van der Waals surface area contributed by atoms with Crippen LogP contribution in [0.4, 0.5) is 14.4 Å². The zero-order valence-electron chi connectivity index (χ0n) is 12.7. The first kappa shape index (κ1) is 18.2. The predicted octanol–water partition coefficient (Wildman–Crippen LogP) is 2.67. The van der Waals surface area contributed by atoms with Gasteiger partial charge in [0, 0.05) is 7.11 Å². The molecular formula is C13H18FNO6S. The number of nitrogens with one attached hydrogen (secondary N) is 1. The number of halogens is 1. The first-order valence-electron chi connectivity index (χ1n) is 6.23. The molecule has 0 aliphatic heterocycles. The molecule has 0 atom stereocenters. The Morgan fingerprint density at radius 3 is 2.45 bits per heavy atom. The summed E-state index contributed by atoms with van der Waals surface area (Å²) in [5.41, 5.74) is -0.800. The molecule has 0 unspecified atom stereocenters. The van der Waals surface area contributed by atoms with Gasteiger partial charge < -0.3 is 14.2 Å². The fraction of sp³-hybridized carbons (Fsp3) is 0.462.